The third-order valence-electron chi connectivity index (χ3n) is 3.50. The lowest BCUT2D eigenvalue weighted by Gasteiger charge is -2.15. The number of carbonyl (C=O) groups excluding carboxylic acids is 1. The minimum Gasteiger partial charge on any atom is -0.480 e. The summed E-state index contributed by atoms with van der Waals surface area (Å²) in [7, 11) is 0. The maximum absolute atomic E-state index is 13.8. The molecule has 3 rings (SSSR count). The molecular formula is C16H17FN6O2S2. The molecule has 3 aromatic rings. The molecule has 0 spiro atoms. The van der Waals surface area contributed by atoms with E-state index in [1.165, 1.54) is 29.2 Å². The number of halogens is 1. The molecule has 0 radical (unpaired) electrons. The minimum atomic E-state index is -0.501. The first-order chi connectivity index (χ1) is 13.1. The summed E-state index contributed by atoms with van der Waals surface area (Å²) in [4.78, 5) is 12.0. The van der Waals surface area contributed by atoms with E-state index in [2.05, 4.69) is 25.7 Å². The smallest absolute Gasteiger partial charge is 0.236 e. The van der Waals surface area contributed by atoms with E-state index in [0.29, 0.717) is 22.7 Å². The summed E-state index contributed by atoms with van der Waals surface area (Å²) in [5.74, 6) is 0.226. The Hall–Kier alpha value is -2.53. The Balaban J connectivity index is 1.65. The maximum atomic E-state index is 13.8. The van der Waals surface area contributed by atoms with Gasteiger partial charge in [0.25, 0.3) is 0 Å². The number of nitrogens with one attached hydrogen (secondary N) is 1. The summed E-state index contributed by atoms with van der Waals surface area (Å²) in [5, 5.41) is 19.4. The van der Waals surface area contributed by atoms with E-state index in [9.17, 15) is 9.18 Å². The van der Waals surface area contributed by atoms with Crippen LogP contribution >= 0.6 is 23.1 Å². The molecule has 27 heavy (non-hydrogen) atoms. The van der Waals surface area contributed by atoms with Gasteiger partial charge in [-0.05, 0) is 26.0 Å². The lowest BCUT2D eigenvalue weighted by molar-refractivity contribution is -0.113. The number of hydrogen-bond acceptors (Lipinski definition) is 8. The molecule has 0 fully saturated rings. The minimum absolute atomic E-state index is 0.153. The summed E-state index contributed by atoms with van der Waals surface area (Å²) in [6.45, 7) is 4.31. The number of anilines is 1. The zero-order chi connectivity index (χ0) is 19.2. The number of nitrogens with zero attached hydrogens (tertiary/aromatic N) is 5. The van der Waals surface area contributed by atoms with Crippen LogP contribution in [-0.2, 0) is 11.3 Å². The molecule has 142 valence electrons. The topological polar surface area (TPSA) is 94.8 Å². The Kier molecular flexibility index (Phi) is 6.35. The monoisotopic (exact) mass is 408 g/mol. The fourth-order valence-corrected chi connectivity index (χ4v) is 3.57. The van der Waals surface area contributed by atoms with Gasteiger partial charge in [-0.15, -0.1) is 20.4 Å². The van der Waals surface area contributed by atoms with Crippen LogP contribution in [0.25, 0.3) is 0 Å². The van der Waals surface area contributed by atoms with Crippen LogP contribution in [0.1, 0.15) is 25.8 Å². The zero-order valence-electron chi connectivity index (χ0n) is 14.6. The number of hydrogen-bond donors (Lipinski definition) is 1. The largest absolute Gasteiger partial charge is 0.480 e. The molecule has 0 saturated carbocycles. The Labute approximate surface area is 163 Å². The van der Waals surface area contributed by atoms with Crippen molar-refractivity contribution in [3.63, 3.8) is 0 Å². The number of aromatic nitrogens is 5. The van der Waals surface area contributed by atoms with E-state index in [0.717, 1.165) is 0 Å². The molecule has 2 aromatic heterocycles. The molecule has 1 unspecified atom stereocenters. The highest BCUT2D eigenvalue weighted by atomic mass is 32.2. The molecular weight excluding hydrogens is 391 g/mol. The molecule has 1 amide bonds. The van der Waals surface area contributed by atoms with Crippen LogP contribution in [-0.4, -0.2) is 36.6 Å². The number of amides is 1. The van der Waals surface area contributed by atoms with Crippen LogP contribution in [0.4, 0.5) is 9.52 Å². The van der Waals surface area contributed by atoms with Crippen molar-refractivity contribution >= 4 is 34.1 Å². The molecule has 0 bridgehead atoms. The van der Waals surface area contributed by atoms with Gasteiger partial charge in [-0.1, -0.05) is 35.2 Å². The van der Waals surface area contributed by atoms with E-state index in [1.807, 2.05) is 11.5 Å². The van der Waals surface area contributed by atoms with Crippen LogP contribution in [0.3, 0.4) is 0 Å². The van der Waals surface area contributed by atoms with Crippen molar-refractivity contribution in [2.45, 2.75) is 31.7 Å². The number of carbonyl (C=O) groups is 1. The molecule has 0 saturated heterocycles. The molecule has 1 aromatic carbocycles. The summed E-state index contributed by atoms with van der Waals surface area (Å²) in [5.41, 5.74) is 1.54. The van der Waals surface area contributed by atoms with Gasteiger partial charge in [-0.25, -0.2) is 4.39 Å². The van der Waals surface area contributed by atoms with E-state index >= 15 is 0 Å². The fourth-order valence-electron chi connectivity index (χ4n) is 2.30. The molecule has 1 N–H and O–H groups in total. The van der Waals surface area contributed by atoms with Crippen molar-refractivity contribution in [3.05, 3.63) is 41.4 Å². The first kappa shape index (κ1) is 19.2. The maximum Gasteiger partial charge on any atom is 0.236 e. The molecule has 0 aliphatic carbocycles. The lowest BCUT2D eigenvalue weighted by Crippen LogP contribution is -2.15. The summed E-state index contributed by atoms with van der Waals surface area (Å²) in [6, 6.07) is 6.20. The second-order valence-electron chi connectivity index (χ2n) is 5.36. The van der Waals surface area contributed by atoms with Gasteiger partial charge >= 0.3 is 0 Å². The summed E-state index contributed by atoms with van der Waals surface area (Å²) in [6.07, 6.45) is -0.501. The predicted octanol–water partition coefficient (Wildman–Crippen LogP) is 3.16. The zero-order valence-corrected chi connectivity index (χ0v) is 16.3. The number of para-hydroxylation sites is 1. The molecule has 8 nitrogen and oxygen atoms in total. The van der Waals surface area contributed by atoms with Gasteiger partial charge < -0.3 is 9.30 Å². The molecule has 0 aliphatic heterocycles. The molecule has 2 heterocycles. The van der Waals surface area contributed by atoms with Crippen LogP contribution in [0, 0.1) is 5.82 Å². The van der Waals surface area contributed by atoms with Crippen molar-refractivity contribution in [1.29, 1.82) is 0 Å². The average molecular weight is 408 g/mol. The molecule has 11 heteroatoms. The van der Waals surface area contributed by atoms with Gasteiger partial charge in [0.2, 0.25) is 11.0 Å². The van der Waals surface area contributed by atoms with Crippen molar-refractivity contribution in [2.75, 3.05) is 11.1 Å². The average Bonchev–Trinajstić information content (AvgIpc) is 3.31. The molecule has 0 aliphatic rings. The quantitative estimate of drug-likeness (QED) is 0.572. The van der Waals surface area contributed by atoms with Gasteiger partial charge in [0, 0.05) is 6.54 Å². The van der Waals surface area contributed by atoms with Crippen molar-refractivity contribution in [1.82, 2.24) is 25.0 Å². The van der Waals surface area contributed by atoms with Crippen LogP contribution in [0.15, 0.2) is 34.9 Å². The normalized spacial score (nSPS) is 12.0. The highest BCUT2D eigenvalue weighted by Gasteiger charge is 2.20. The first-order valence-corrected chi connectivity index (χ1v) is 9.98. The summed E-state index contributed by atoms with van der Waals surface area (Å²) >= 11 is 2.50. The van der Waals surface area contributed by atoms with Gasteiger partial charge in [-0.3, -0.25) is 10.1 Å². The van der Waals surface area contributed by atoms with E-state index < -0.39 is 11.9 Å². The number of benzene rings is 1. The number of rotatable bonds is 8. The van der Waals surface area contributed by atoms with Crippen LogP contribution in [0.5, 0.6) is 5.75 Å². The summed E-state index contributed by atoms with van der Waals surface area (Å²) < 4.78 is 21.3. The standard InChI is InChI=1S/C16H17FN6O2S2/c1-3-23-14(10(2)25-12-7-5-4-6-11(12)17)20-22-16(23)26-8-13(24)19-15-21-18-9-27-15/h4-7,9-10H,3,8H2,1-2H3,(H,19,21,24). The van der Waals surface area contributed by atoms with E-state index in [1.54, 1.807) is 30.6 Å². The van der Waals surface area contributed by atoms with E-state index in [4.69, 9.17) is 4.74 Å². The van der Waals surface area contributed by atoms with Crippen LogP contribution in [0.2, 0.25) is 0 Å². The number of ether oxygens (including phenoxy) is 1. The molecule has 1 atom stereocenters. The first-order valence-electron chi connectivity index (χ1n) is 8.11. The van der Waals surface area contributed by atoms with Crippen molar-refractivity contribution < 1.29 is 13.9 Å². The van der Waals surface area contributed by atoms with Gasteiger partial charge in [0.15, 0.2) is 28.7 Å². The fraction of sp³-hybridized carbons (Fsp3) is 0.312. The Morgan fingerprint density at radius 3 is 2.89 bits per heavy atom. The SMILES string of the molecule is CCn1c(SCC(=O)Nc2nncs2)nnc1C(C)Oc1ccccc1F. The second kappa shape index (κ2) is 8.91. The van der Waals surface area contributed by atoms with Crippen molar-refractivity contribution in [2.24, 2.45) is 0 Å². The third-order valence-corrected chi connectivity index (χ3v) is 5.08. The Morgan fingerprint density at radius 1 is 1.37 bits per heavy atom. The highest BCUT2D eigenvalue weighted by Crippen LogP contribution is 2.26. The Morgan fingerprint density at radius 2 is 2.19 bits per heavy atom. The highest BCUT2D eigenvalue weighted by molar-refractivity contribution is 7.99. The van der Waals surface area contributed by atoms with Gasteiger partial charge in [0.1, 0.15) is 5.51 Å². The predicted molar refractivity (Wildman–Crippen MR) is 100 cm³/mol. The van der Waals surface area contributed by atoms with Gasteiger partial charge in [0.05, 0.1) is 5.75 Å². The lowest BCUT2D eigenvalue weighted by atomic mass is 10.3. The van der Waals surface area contributed by atoms with Crippen molar-refractivity contribution in [3.8, 4) is 5.75 Å². The van der Waals surface area contributed by atoms with Crippen LogP contribution < -0.4 is 10.1 Å². The van der Waals surface area contributed by atoms with E-state index in [-0.39, 0.29) is 17.4 Å². The second-order valence-corrected chi connectivity index (χ2v) is 7.13. The van der Waals surface area contributed by atoms with Gasteiger partial charge in [-0.2, -0.15) is 0 Å². The number of thioether (sulfide) groups is 1. The third kappa shape index (κ3) is 4.80. The Bertz CT molecular complexity index is 902.